The number of aromatic nitrogens is 2. The highest BCUT2D eigenvalue weighted by molar-refractivity contribution is 6.42. The molecule has 8 heteroatoms. The Morgan fingerprint density at radius 3 is 2.63 bits per heavy atom. The zero-order valence-electron chi connectivity index (χ0n) is 14.5. The van der Waals surface area contributed by atoms with Gasteiger partial charge in [-0.25, -0.2) is 0 Å². The Morgan fingerprint density at radius 1 is 1.15 bits per heavy atom. The zero-order chi connectivity index (χ0) is 19.2. The molecule has 0 saturated carbocycles. The maximum absolute atomic E-state index is 12.0. The second kappa shape index (κ2) is 8.88. The fourth-order valence-corrected chi connectivity index (χ4v) is 2.72. The molecule has 6 nitrogen and oxygen atoms in total. The van der Waals surface area contributed by atoms with Gasteiger partial charge in [-0.3, -0.25) is 4.79 Å². The summed E-state index contributed by atoms with van der Waals surface area (Å²) in [6.07, 6.45) is 0.876. The number of hydrogen-bond donors (Lipinski definition) is 1. The summed E-state index contributed by atoms with van der Waals surface area (Å²) >= 11 is 11.9. The molecule has 0 spiro atoms. The number of halogens is 2. The summed E-state index contributed by atoms with van der Waals surface area (Å²) in [6.45, 7) is 0.170. The number of aryl methyl sites for hydroxylation is 1. The lowest BCUT2D eigenvalue weighted by Crippen LogP contribution is -2.23. The molecule has 0 fully saturated rings. The van der Waals surface area contributed by atoms with Crippen LogP contribution >= 0.6 is 23.2 Å². The van der Waals surface area contributed by atoms with Crippen molar-refractivity contribution in [3.05, 3.63) is 64.0 Å². The van der Waals surface area contributed by atoms with Crippen LogP contribution < -0.4 is 10.1 Å². The van der Waals surface area contributed by atoms with Crippen molar-refractivity contribution < 1.29 is 14.1 Å². The first-order chi connectivity index (χ1) is 13.0. The molecule has 3 aromatic rings. The Bertz CT molecular complexity index is 926. The second-order valence-corrected chi connectivity index (χ2v) is 6.58. The molecule has 0 aliphatic rings. The first kappa shape index (κ1) is 19.2. The van der Waals surface area contributed by atoms with Crippen LogP contribution in [0.2, 0.25) is 10.0 Å². The van der Waals surface area contributed by atoms with Gasteiger partial charge in [-0.2, -0.15) is 4.98 Å². The minimum Gasteiger partial charge on any atom is -0.497 e. The topological polar surface area (TPSA) is 77.3 Å². The molecule has 1 aromatic heterocycles. The number of hydrogen-bond acceptors (Lipinski definition) is 5. The number of ether oxygens (including phenoxy) is 1. The summed E-state index contributed by atoms with van der Waals surface area (Å²) in [5.41, 5.74) is 1.75. The van der Waals surface area contributed by atoms with Crippen LogP contribution in [0.1, 0.15) is 17.9 Å². The van der Waals surface area contributed by atoms with Crippen molar-refractivity contribution in [2.45, 2.75) is 19.4 Å². The predicted molar refractivity (Wildman–Crippen MR) is 103 cm³/mol. The van der Waals surface area contributed by atoms with Crippen LogP contribution in [0.15, 0.2) is 47.0 Å². The third-order valence-corrected chi connectivity index (χ3v) is 4.62. The maximum atomic E-state index is 12.0. The number of nitrogens with zero attached hydrogens (tertiary/aromatic N) is 2. The minimum atomic E-state index is -0.120. The van der Waals surface area contributed by atoms with E-state index in [1.165, 1.54) is 0 Å². The smallest absolute Gasteiger partial charge is 0.246 e. The molecule has 1 heterocycles. The summed E-state index contributed by atoms with van der Waals surface area (Å²) < 4.78 is 10.3. The molecule has 1 amide bonds. The highest BCUT2D eigenvalue weighted by Gasteiger charge is 2.10. The van der Waals surface area contributed by atoms with Crippen LogP contribution in [-0.4, -0.2) is 23.2 Å². The zero-order valence-corrected chi connectivity index (χ0v) is 16.0. The van der Waals surface area contributed by atoms with E-state index >= 15 is 0 Å². The van der Waals surface area contributed by atoms with Crippen LogP contribution in [0.5, 0.6) is 5.75 Å². The van der Waals surface area contributed by atoms with E-state index in [0.717, 1.165) is 16.9 Å². The fraction of sp³-hybridized carbons (Fsp3) is 0.211. The lowest BCUT2D eigenvalue weighted by atomic mass is 10.1. The Morgan fingerprint density at radius 2 is 1.93 bits per heavy atom. The van der Waals surface area contributed by atoms with E-state index in [1.807, 2.05) is 30.3 Å². The molecule has 0 bridgehead atoms. The van der Waals surface area contributed by atoms with E-state index in [4.69, 9.17) is 32.5 Å². The first-order valence-corrected chi connectivity index (χ1v) is 8.98. The number of methoxy groups -OCH3 is 1. The van der Waals surface area contributed by atoms with Crippen molar-refractivity contribution in [2.75, 3.05) is 7.11 Å². The van der Waals surface area contributed by atoms with E-state index in [0.29, 0.717) is 34.6 Å². The standard InChI is InChI=1S/C19H17Cl2N3O3/c1-26-14-6-4-13(5-7-14)19-23-18(27-24-19)11-22-17(25)9-3-12-2-8-15(20)16(21)10-12/h2,4-8,10H,3,9,11H2,1H3,(H,22,25). The van der Waals surface area contributed by atoms with Crippen molar-refractivity contribution in [2.24, 2.45) is 0 Å². The summed E-state index contributed by atoms with van der Waals surface area (Å²) in [7, 11) is 1.60. The Labute approximate surface area is 166 Å². The van der Waals surface area contributed by atoms with Crippen molar-refractivity contribution >= 4 is 29.1 Å². The molecule has 2 aromatic carbocycles. The highest BCUT2D eigenvalue weighted by Crippen LogP contribution is 2.23. The molecule has 0 saturated heterocycles. The minimum absolute atomic E-state index is 0.120. The van der Waals surface area contributed by atoms with Crippen molar-refractivity contribution in [1.29, 1.82) is 0 Å². The Hall–Kier alpha value is -2.57. The van der Waals surface area contributed by atoms with E-state index in [1.54, 1.807) is 19.2 Å². The summed E-state index contributed by atoms with van der Waals surface area (Å²) in [5.74, 6) is 1.42. The molecule has 0 unspecified atom stereocenters. The van der Waals surface area contributed by atoms with Crippen LogP contribution in [-0.2, 0) is 17.8 Å². The van der Waals surface area contributed by atoms with Gasteiger partial charge in [-0.15, -0.1) is 0 Å². The summed E-state index contributed by atoms with van der Waals surface area (Å²) in [5, 5.41) is 7.66. The molecule has 0 aliphatic heterocycles. The van der Waals surface area contributed by atoms with Crippen molar-refractivity contribution in [3.63, 3.8) is 0 Å². The van der Waals surface area contributed by atoms with Gasteiger partial charge in [0.1, 0.15) is 5.75 Å². The lowest BCUT2D eigenvalue weighted by Gasteiger charge is -2.04. The summed E-state index contributed by atoms with van der Waals surface area (Å²) in [4.78, 5) is 16.3. The molecule has 0 atom stereocenters. The Kier molecular flexibility index (Phi) is 6.32. The van der Waals surface area contributed by atoms with Crippen LogP contribution in [0.25, 0.3) is 11.4 Å². The number of nitrogens with one attached hydrogen (secondary N) is 1. The molecule has 0 aliphatic carbocycles. The molecule has 27 heavy (non-hydrogen) atoms. The van der Waals surface area contributed by atoms with Crippen LogP contribution in [0.3, 0.4) is 0 Å². The molecular formula is C19H17Cl2N3O3. The van der Waals surface area contributed by atoms with Crippen LogP contribution in [0.4, 0.5) is 0 Å². The van der Waals surface area contributed by atoms with E-state index < -0.39 is 0 Å². The van der Waals surface area contributed by atoms with E-state index in [2.05, 4.69) is 15.5 Å². The van der Waals surface area contributed by atoms with Crippen molar-refractivity contribution in [1.82, 2.24) is 15.5 Å². The normalized spacial score (nSPS) is 10.6. The Balaban J connectivity index is 1.50. The molecule has 0 radical (unpaired) electrons. The van der Waals surface area contributed by atoms with Gasteiger partial charge in [0, 0.05) is 12.0 Å². The number of amides is 1. The van der Waals surface area contributed by atoms with Gasteiger partial charge in [0.2, 0.25) is 17.6 Å². The van der Waals surface area contributed by atoms with Gasteiger partial charge in [-0.1, -0.05) is 34.4 Å². The molecule has 3 rings (SSSR count). The number of rotatable bonds is 7. The highest BCUT2D eigenvalue weighted by atomic mass is 35.5. The van der Waals surface area contributed by atoms with Crippen molar-refractivity contribution in [3.8, 4) is 17.1 Å². The van der Waals surface area contributed by atoms with Gasteiger partial charge in [-0.05, 0) is 48.4 Å². The van der Waals surface area contributed by atoms with Crippen LogP contribution in [0, 0.1) is 0 Å². The van der Waals surface area contributed by atoms with Gasteiger partial charge in [0.15, 0.2) is 0 Å². The van der Waals surface area contributed by atoms with Gasteiger partial charge < -0.3 is 14.6 Å². The van der Waals surface area contributed by atoms with Gasteiger partial charge >= 0.3 is 0 Å². The fourth-order valence-electron chi connectivity index (χ4n) is 2.40. The van der Waals surface area contributed by atoms with Gasteiger partial charge in [0.25, 0.3) is 0 Å². The monoisotopic (exact) mass is 405 g/mol. The maximum Gasteiger partial charge on any atom is 0.246 e. The number of carbonyl (C=O) groups excluding carboxylic acids is 1. The largest absolute Gasteiger partial charge is 0.497 e. The van der Waals surface area contributed by atoms with E-state index in [-0.39, 0.29) is 12.5 Å². The third-order valence-electron chi connectivity index (χ3n) is 3.88. The SMILES string of the molecule is COc1ccc(-c2noc(CNC(=O)CCc3ccc(Cl)c(Cl)c3)n2)cc1. The molecular weight excluding hydrogens is 389 g/mol. The molecule has 1 N–H and O–H groups in total. The number of carbonyl (C=O) groups is 1. The summed E-state index contributed by atoms with van der Waals surface area (Å²) in [6, 6.07) is 12.6. The van der Waals surface area contributed by atoms with Gasteiger partial charge in [0.05, 0.1) is 23.7 Å². The quantitative estimate of drug-likeness (QED) is 0.633. The lowest BCUT2D eigenvalue weighted by molar-refractivity contribution is -0.121. The second-order valence-electron chi connectivity index (χ2n) is 5.77. The van der Waals surface area contributed by atoms with E-state index in [9.17, 15) is 4.79 Å². The predicted octanol–water partition coefficient (Wildman–Crippen LogP) is 4.30. The third kappa shape index (κ3) is 5.21. The average molecular weight is 406 g/mol. The first-order valence-electron chi connectivity index (χ1n) is 8.23. The number of benzene rings is 2. The molecule has 140 valence electrons. The average Bonchev–Trinajstić information content (AvgIpc) is 3.16.